The van der Waals surface area contributed by atoms with E-state index in [0.29, 0.717) is 17.0 Å². The van der Waals surface area contributed by atoms with Crippen molar-refractivity contribution < 1.29 is 9.18 Å². The second kappa shape index (κ2) is 4.31. The van der Waals surface area contributed by atoms with E-state index in [-0.39, 0.29) is 11.6 Å². The minimum atomic E-state index is -0.303. The summed E-state index contributed by atoms with van der Waals surface area (Å²) >= 11 is 0. The van der Waals surface area contributed by atoms with Crippen LogP contribution in [0.1, 0.15) is 17.3 Å². The fraction of sp³-hybridized carbons (Fsp3) is 0.0667. The second-order valence-corrected chi connectivity index (χ2v) is 4.38. The zero-order valence-electron chi connectivity index (χ0n) is 10.3. The number of aromatic amines is 1. The lowest BCUT2D eigenvalue weighted by Crippen LogP contribution is -1.90. The summed E-state index contributed by atoms with van der Waals surface area (Å²) in [5, 5.41) is 0. The van der Waals surface area contributed by atoms with Gasteiger partial charge in [-0.05, 0) is 37.3 Å². The molecule has 0 atom stereocenters. The number of halogens is 1. The number of nitrogens with one attached hydrogen (secondary N) is 1. The summed E-state index contributed by atoms with van der Waals surface area (Å²) < 4.78 is 13.2. The zero-order chi connectivity index (χ0) is 13.4. The van der Waals surface area contributed by atoms with Crippen molar-refractivity contribution in [3.63, 3.8) is 0 Å². The highest BCUT2D eigenvalue weighted by Gasteiger charge is 2.08. The monoisotopic (exact) mass is 254 g/mol. The molecule has 0 aliphatic carbocycles. The van der Waals surface area contributed by atoms with Crippen molar-refractivity contribution in [2.45, 2.75) is 6.92 Å². The molecule has 0 saturated heterocycles. The fourth-order valence-electron chi connectivity index (χ4n) is 2.00. The fourth-order valence-corrected chi connectivity index (χ4v) is 2.00. The van der Waals surface area contributed by atoms with E-state index in [1.54, 1.807) is 30.3 Å². The Morgan fingerprint density at radius 3 is 2.79 bits per heavy atom. The van der Waals surface area contributed by atoms with E-state index in [9.17, 15) is 9.18 Å². The lowest BCUT2D eigenvalue weighted by molar-refractivity contribution is 0.101. The smallest absolute Gasteiger partial charge is 0.159 e. The first kappa shape index (κ1) is 11.6. The molecule has 1 heterocycles. The number of carbonyl (C=O) groups excluding carboxylic acids is 1. The van der Waals surface area contributed by atoms with Gasteiger partial charge in [0.1, 0.15) is 11.6 Å². The van der Waals surface area contributed by atoms with Crippen LogP contribution in [0.15, 0.2) is 42.5 Å². The van der Waals surface area contributed by atoms with E-state index < -0.39 is 0 Å². The quantitative estimate of drug-likeness (QED) is 0.710. The second-order valence-electron chi connectivity index (χ2n) is 4.38. The number of H-pyrrole nitrogens is 1. The lowest BCUT2D eigenvalue weighted by Gasteiger charge is -1.95. The molecule has 3 rings (SSSR count). The van der Waals surface area contributed by atoms with E-state index in [1.807, 2.05) is 0 Å². The Kier molecular flexibility index (Phi) is 2.63. The zero-order valence-corrected chi connectivity index (χ0v) is 10.3. The molecule has 0 bridgehead atoms. The highest BCUT2D eigenvalue weighted by Crippen LogP contribution is 2.22. The van der Waals surface area contributed by atoms with Crippen LogP contribution in [0.3, 0.4) is 0 Å². The number of carbonyl (C=O) groups is 1. The minimum Gasteiger partial charge on any atom is -0.338 e. The third kappa shape index (κ3) is 2.12. The predicted octanol–water partition coefficient (Wildman–Crippen LogP) is 3.57. The summed E-state index contributed by atoms with van der Waals surface area (Å²) in [7, 11) is 0. The number of nitrogens with zero attached hydrogens (tertiary/aromatic N) is 1. The lowest BCUT2D eigenvalue weighted by atomic mass is 10.1. The topological polar surface area (TPSA) is 45.8 Å². The number of ketones is 1. The first-order chi connectivity index (χ1) is 9.13. The number of Topliss-reactive ketones (excluding diaryl/α,β-unsaturated/α-hetero) is 1. The van der Waals surface area contributed by atoms with Crippen molar-refractivity contribution in [2.24, 2.45) is 0 Å². The van der Waals surface area contributed by atoms with Gasteiger partial charge in [0, 0.05) is 11.1 Å². The summed E-state index contributed by atoms with van der Waals surface area (Å²) in [5.74, 6) is 0.293. The van der Waals surface area contributed by atoms with Gasteiger partial charge in [0.25, 0.3) is 0 Å². The van der Waals surface area contributed by atoms with Gasteiger partial charge in [-0.25, -0.2) is 9.37 Å². The molecule has 1 N–H and O–H groups in total. The molecule has 0 spiro atoms. The minimum absolute atomic E-state index is 0.00352. The maximum Gasteiger partial charge on any atom is 0.159 e. The van der Waals surface area contributed by atoms with Crippen molar-refractivity contribution in [1.29, 1.82) is 0 Å². The van der Waals surface area contributed by atoms with Crippen molar-refractivity contribution in [3.05, 3.63) is 53.8 Å². The summed E-state index contributed by atoms with van der Waals surface area (Å²) in [6.45, 7) is 1.52. The van der Waals surface area contributed by atoms with E-state index in [4.69, 9.17) is 0 Å². The van der Waals surface area contributed by atoms with Crippen LogP contribution in [-0.4, -0.2) is 15.8 Å². The van der Waals surface area contributed by atoms with Crippen molar-refractivity contribution in [1.82, 2.24) is 9.97 Å². The first-order valence-electron chi connectivity index (χ1n) is 5.90. The van der Waals surface area contributed by atoms with Gasteiger partial charge in [0.05, 0.1) is 11.0 Å². The van der Waals surface area contributed by atoms with Crippen LogP contribution >= 0.6 is 0 Å². The summed E-state index contributed by atoms with van der Waals surface area (Å²) in [5.41, 5.74) is 2.83. The van der Waals surface area contributed by atoms with Crippen LogP contribution in [0, 0.1) is 5.82 Å². The van der Waals surface area contributed by atoms with E-state index in [2.05, 4.69) is 9.97 Å². The Morgan fingerprint density at radius 2 is 2.05 bits per heavy atom. The Hall–Kier alpha value is -2.49. The van der Waals surface area contributed by atoms with Gasteiger partial charge < -0.3 is 4.98 Å². The Balaban J connectivity index is 2.14. The third-order valence-electron chi connectivity index (χ3n) is 2.99. The standard InChI is InChI=1S/C15H11FN2O/c1-9(19)10-5-6-13-14(8-10)18-15(17-13)11-3-2-4-12(16)7-11/h2-8H,1H3,(H,17,18). The molecule has 1 aromatic heterocycles. The van der Waals surface area contributed by atoms with E-state index in [1.165, 1.54) is 19.1 Å². The Labute approximate surface area is 109 Å². The van der Waals surface area contributed by atoms with Gasteiger partial charge in [-0.1, -0.05) is 12.1 Å². The van der Waals surface area contributed by atoms with Crippen LogP contribution < -0.4 is 0 Å². The van der Waals surface area contributed by atoms with Crippen LogP contribution in [0.25, 0.3) is 22.4 Å². The number of aromatic nitrogens is 2. The van der Waals surface area contributed by atoms with Gasteiger partial charge in [-0.3, -0.25) is 4.79 Å². The first-order valence-corrected chi connectivity index (χ1v) is 5.90. The van der Waals surface area contributed by atoms with Crippen LogP contribution in [0.2, 0.25) is 0 Å². The predicted molar refractivity (Wildman–Crippen MR) is 71.5 cm³/mol. The largest absolute Gasteiger partial charge is 0.338 e. The third-order valence-corrected chi connectivity index (χ3v) is 2.99. The van der Waals surface area contributed by atoms with E-state index >= 15 is 0 Å². The molecule has 0 aliphatic rings. The maximum atomic E-state index is 13.2. The Morgan fingerprint density at radius 1 is 1.21 bits per heavy atom. The molecule has 0 fully saturated rings. The molecule has 3 aromatic rings. The molecule has 3 nitrogen and oxygen atoms in total. The van der Waals surface area contributed by atoms with Crippen molar-refractivity contribution >= 4 is 16.8 Å². The molecule has 0 saturated carbocycles. The molecule has 2 aromatic carbocycles. The van der Waals surface area contributed by atoms with Gasteiger partial charge in [0.2, 0.25) is 0 Å². The maximum absolute atomic E-state index is 13.2. The molecule has 4 heteroatoms. The van der Waals surface area contributed by atoms with Crippen molar-refractivity contribution in [3.8, 4) is 11.4 Å². The number of hydrogen-bond acceptors (Lipinski definition) is 2. The van der Waals surface area contributed by atoms with E-state index in [0.717, 1.165) is 11.0 Å². The molecule has 94 valence electrons. The number of hydrogen-bond donors (Lipinski definition) is 1. The number of benzene rings is 2. The number of fused-ring (bicyclic) bond motifs is 1. The van der Waals surface area contributed by atoms with Crippen molar-refractivity contribution in [2.75, 3.05) is 0 Å². The Bertz CT molecular complexity index is 777. The average Bonchev–Trinajstić information content (AvgIpc) is 2.81. The normalized spacial score (nSPS) is 10.8. The van der Waals surface area contributed by atoms with Gasteiger partial charge in [-0.2, -0.15) is 0 Å². The van der Waals surface area contributed by atoms with Crippen LogP contribution in [0.4, 0.5) is 4.39 Å². The highest BCUT2D eigenvalue weighted by atomic mass is 19.1. The molecular weight excluding hydrogens is 243 g/mol. The molecule has 19 heavy (non-hydrogen) atoms. The molecular formula is C15H11FN2O. The highest BCUT2D eigenvalue weighted by molar-refractivity contribution is 5.97. The van der Waals surface area contributed by atoms with Gasteiger partial charge in [0.15, 0.2) is 5.78 Å². The molecule has 0 aliphatic heterocycles. The summed E-state index contributed by atoms with van der Waals surface area (Å²) in [6.07, 6.45) is 0. The van der Waals surface area contributed by atoms with Gasteiger partial charge >= 0.3 is 0 Å². The van der Waals surface area contributed by atoms with Crippen LogP contribution in [-0.2, 0) is 0 Å². The molecule has 0 unspecified atom stereocenters. The number of rotatable bonds is 2. The number of imidazole rings is 1. The molecule has 0 amide bonds. The van der Waals surface area contributed by atoms with Gasteiger partial charge in [-0.15, -0.1) is 0 Å². The van der Waals surface area contributed by atoms with Crippen LogP contribution in [0.5, 0.6) is 0 Å². The molecule has 0 radical (unpaired) electrons. The summed E-state index contributed by atoms with van der Waals surface area (Å²) in [6, 6.07) is 11.5. The summed E-state index contributed by atoms with van der Waals surface area (Å²) in [4.78, 5) is 18.8. The average molecular weight is 254 g/mol. The SMILES string of the molecule is CC(=O)c1ccc2nc(-c3cccc(F)c3)[nH]c2c1.